The Labute approximate surface area is 272 Å². The molecule has 8 heterocycles. The van der Waals surface area contributed by atoms with Crippen molar-refractivity contribution in [3.63, 3.8) is 0 Å². The van der Waals surface area contributed by atoms with E-state index in [1.54, 1.807) is 0 Å². The molecule has 5 fully saturated rings. The second kappa shape index (κ2) is 11.0. The molecular formula is C32H33ClF5N7O2. The van der Waals surface area contributed by atoms with E-state index in [9.17, 15) is 17.6 Å². The molecule has 2 bridgehead atoms. The van der Waals surface area contributed by atoms with Crippen LogP contribution in [-0.2, 0) is 6.18 Å². The molecule has 6 aliphatic heterocycles. The first kappa shape index (κ1) is 30.8. The van der Waals surface area contributed by atoms with E-state index in [0.29, 0.717) is 37.2 Å². The Morgan fingerprint density at radius 3 is 2.83 bits per heavy atom. The number of halogens is 6. The quantitative estimate of drug-likeness (QED) is 0.331. The number of alkyl halides is 3. The SMILES string of the molecule is Cc1cc(N)nc(-c2c(Cl)c3c4c(nc(OC[C@@]56CCCN5C/C(=C/F)C6)nc4c2F)N2C[C@H]4CC[C@H](CN4)[C@H]2CO3)c1C(F)(F)F. The molecule has 9 rings (SSSR count). The molecule has 5 saturated heterocycles. The fourth-order valence-electron chi connectivity index (χ4n) is 8.43. The van der Waals surface area contributed by atoms with E-state index in [4.69, 9.17) is 31.8 Å². The molecule has 9 nitrogen and oxygen atoms in total. The number of nitrogens with two attached hydrogens (primary N) is 1. The molecule has 6 aliphatic rings. The first-order valence-corrected chi connectivity index (χ1v) is 16.2. The molecule has 2 aromatic heterocycles. The molecule has 0 spiro atoms. The van der Waals surface area contributed by atoms with Gasteiger partial charge >= 0.3 is 12.2 Å². The highest BCUT2D eigenvalue weighted by Crippen LogP contribution is 2.51. The van der Waals surface area contributed by atoms with Gasteiger partial charge in [0.15, 0.2) is 11.6 Å². The largest absolute Gasteiger partial charge is 0.489 e. The topological polar surface area (TPSA) is 102 Å². The summed E-state index contributed by atoms with van der Waals surface area (Å²) >= 11 is 6.84. The summed E-state index contributed by atoms with van der Waals surface area (Å²) in [5.74, 6) is -0.838. The summed E-state index contributed by atoms with van der Waals surface area (Å²) in [6.07, 6.45) is -0.181. The Kier molecular flexibility index (Phi) is 7.23. The number of nitrogens with zero attached hydrogens (tertiary/aromatic N) is 5. The van der Waals surface area contributed by atoms with Gasteiger partial charge in [0.1, 0.15) is 30.4 Å². The number of nitrogens with one attached hydrogen (secondary N) is 1. The van der Waals surface area contributed by atoms with Crippen LogP contribution in [0.15, 0.2) is 18.0 Å². The fourth-order valence-corrected chi connectivity index (χ4v) is 8.75. The lowest BCUT2D eigenvalue weighted by atomic mass is 9.91. The Morgan fingerprint density at radius 1 is 1.26 bits per heavy atom. The highest BCUT2D eigenvalue weighted by molar-refractivity contribution is 6.36. The molecule has 47 heavy (non-hydrogen) atoms. The first-order chi connectivity index (χ1) is 22.5. The maximum Gasteiger partial charge on any atom is 0.418 e. The van der Waals surface area contributed by atoms with Gasteiger partial charge in [-0.3, -0.25) is 4.90 Å². The van der Waals surface area contributed by atoms with E-state index < -0.39 is 34.4 Å². The Morgan fingerprint density at radius 2 is 2.09 bits per heavy atom. The van der Waals surface area contributed by atoms with Crippen molar-refractivity contribution >= 4 is 34.1 Å². The smallest absolute Gasteiger partial charge is 0.418 e. The number of fused-ring (bicyclic) bond motifs is 3. The normalized spacial score (nSPS) is 27.9. The molecule has 0 unspecified atom stereocenters. The number of aryl methyl sites for hydroxylation is 1. The van der Waals surface area contributed by atoms with Gasteiger partial charge in [-0.2, -0.15) is 23.1 Å². The zero-order valence-corrected chi connectivity index (χ0v) is 26.3. The Hall–Kier alpha value is -3.49. The first-order valence-electron chi connectivity index (χ1n) is 15.8. The molecule has 250 valence electrons. The van der Waals surface area contributed by atoms with Crippen LogP contribution >= 0.6 is 11.6 Å². The van der Waals surface area contributed by atoms with Crippen molar-refractivity contribution in [2.75, 3.05) is 50.0 Å². The van der Waals surface area contributed by atoms with Crippen LogP contribution in [0.3, 0.4) is 0 Å². The van der Waals surface area contributed by atoms with E-state index in [2.05, 4.69) is 25.1 Å². The van der Waals surface area contributed by atoms with Gasteiger partial charge < -0.3 is 25.4 Å². The van der Waals surface area contributed by atoms with Crippen LogP contribution in [0, 0.1) is 18.7 Å². The number of anilines is 2. The Balaban J connectivity index is 1.34. The van der Waals surface area contributed by atoms with E-state index >= 15 is 4.39 Å². The predicted octanol–water partition coefficient (Wildman–Crippen LogP) is 5.81. The van der Waals surface area contributed by atoms with Crippen LogP contribution in [0.4, 0.5) is 33.6 Å². The molecule has 3 aromatic rings. The average molecular weight is 678 g/mol. The minimum Gasteiger partial charge on any atom is -0.489 e. The highest BCUT2D eigenvalue weighted by Gasteiger charge is 2.48. The highest BCUT2D eigenvalue weighted by atomic mass is 35.5. The van der Waals surface area contributed by atoms with Gasteiger partial charge in [0.25, 0.3) is 0 Å². The summed E-state index contributed by atoms with van der Waals surface area (Å²) in [7, 11) is 0. The van der Waals surface area contributed by atoms with Crippen LogP contribution in [-0.4, -0.2) is 76.9 Å². The summed E-state index contributed by atoms with van der Waals surface area (Å²) in [6.45, 7) is 4.11. The number of piperidine rings is 1. The second-order valence-electron chi connectivity index (χ2n) is 13.4. The van der Waals surface area contributed by atoms with Crippen molar-refractivity contribution in [3.8, 4) is 23.0 Å². The van der Waals surface area contributed by atoms with Gasteiger partial charge in [0.05, 0.1) is 45.1 Å². The van der Waals surface area contributed by atoms with E-state index in [1.165, 1.54) is 6.92 Å². The molecule has 3 N–H and O–H groups in total. The number of rotatable bonds is 4. The van der Waals surface area contributed by atoms with Crippen molar-refractivity contribution in [3.05, 3.63) is 39.9 Å². The third kappa shape index (κ3) is 4.88. The van der Waals surface area contributed by atoms with Gasteiger partial charge in [-0.05, 0) is 68.7 Å². The van der Waals surface area contributed by atoms with Gasteiger partial charge in [-0.25, -0.2) is 13.8 Å². The van der Waals surface area contributed by atoms with Crippen molar-refractivity contribution in [1.29, 1.82) is 0 Å². The number of hydrogen-bond donors (Lipinski definition) is 2. The monoisotopic (exact) mass is 677 g/mol. The second-order valence-corrected chi connectivity index (χ2v) is 13.8. The molecular weight excluding hydrogens is 645 g/mol. The predicted molar refractivity (Wildman–Crippen MR) is 166 cm³/mol. The van der Waals surface area contributed by atoms with Crippen molar-refractivity contribution in [1.82, 2.24) is 25.2 Å². The maximum absolute atomic E-state index is 17.0. The third-order valence-corrected chi connectivity index (χ3v) is 11.0. The van der Waals surface area contributed by atoms with E-state index in [-0.39, 0.29) is 70.3 Å². The number of nitrogen functional groups attached to an aromatic ring is 1. The summed E-state index contributed by atoms with van der Waals surface area (Å²) < 4.78 is 86.5. The van der Waals surface area contributed by atoms with Gasteiger partial charge in [-0.1, -0.05) is 11.6 Å². The number of pyridine rings is 1. The fraction of sp³-hybridized carbons (Fsp3) is 0.531. The van der Waals surface area contributed by atoms with E-state index in [1.807, 2.05) is 0 Å². The van der Waals surface area contributed by atoms with E-state index in [0.717, 1.165) is 44.8 Å². The van der Waals surface area contributed by atoms with Crippen molar-refractivity contribution in [2.45, 2.75) is 62.8 Å². The van der Waals surface area contributed by atoms with Gasteiger partial charge in [-0.15, -0.1) is 0 Å². The Bertz CT molecular complexity index is 1820. The zero-order valence-electron chi connectivity index (χ0n) is 25.6. The standard InChI is InChI=1S/C32H33ClF5N7O2/c1-15-7-20(39)41-26(23(15)32(36,37)38)21-24(33)28-22-27(25(21)35)42-30(47-14-31-5-2-6-44(31)11-16(8-31)9-34)43-29(22)45-12-18-4-3-17(10-40-18)19(45)13-46-28/h7,9,17-19,40H,2-6,8,10-14H2,1H3,(H2,39,41)/b16-9+/t17-,18-,19-,31+/m1/s1. The number of hydrogen-bond acceptors (Lipinski definition) is 9. The third-order valence-electron chi connectivity index (χ3n) is 10.6. The number of ether oxygens (including phenoxy) is 2. The van der Waals surface area contributed by atoms with Crippen LogP contribution in [0.2, 0.25) is 5.02 Å². The number of aromatic nitrogens is 3. The summed E-state index contributed by atoms with van der Waals surface area (Å²) in [4.78, 5) is 17.5. The van der Waals surface area contributed by atoms with Gasteiger partial charge in [0.2, 0.25) is 0 Å². The molecule has 0 saturated carbocycles. The molecule has 1 aromatic carbocycles. The molecule has 15 heteroatoms. The van der Waals surface area contributed by atoms with Crippen LogP contribution in [0.5, 0.6) is 11.8 Å². The van der Waals surface area contributed by atoms with Gasteiger partial charge in [0, 0.05) is 25.7 Å². The molecule has 0 aliphatic carbocycles. The maximum atomic E-state index is 17.0. The number of benzene rings is 1. The zero-order chi connectivity index (χ0) is 32.8. The summed E-state index contributed by atoms with van der Waals surface area (Å²) in [5, 5.41) is 3.36. The average Bonchev–Trinajstić information content (AvgIpc) is 3.38. The molecule has 4 atom stereocenters. The van der Waals surface area contributed by atoms with Crippen LogP contribution in [0.25, 0.3) is 22.2 Å². The van der Waals surface area contributed by atoms with Crippen molar-refractivity contribution < 1.29 is 31.4 Å². The molecule has 0 radical (unpaired) electrons. The minimum absolute atomic E-state index is 0.0133. The molecule has 0 amide bonds. The lowest BCUT2D eigenvalue weighted by Gasteiger charge is -2.33. The minimum atomic E-state index is -4.89. The van der Waals surface area contributed by atoms with Crippen molar-refractivity contribution in [2.24, 2.45) is 5.92 Å². The van der Waals surface area contributed by atoms with Crippen LogP contribution < -0.4 is 25.4 Å². The summed E-state index contributed by atoms with van der Waals surface area (Å²) in [5.41, 5.74) is 3.07. The lowest BCUT2D eigenvalue weighted by molar-refractivity contribution is -0.137. The van der Waals surface area contributed by atoms with Crippen LogP contribution in [0.1, 0.15) is 43.2 Å². The lowest BCUT2D eigenvalue weighted by Crippen LogP contribution is -2.44. The summed E-state index contributed by atoms with van der Waals surface area (Å²) in [6, 6.07) is 0.919.